The van der Waals surface area contributed by atoms with Gasteiger partial charge in [-0.3, -0.25) is 9.59 Å². The molecule has 0 aliphatic carbocycles. The van der Waals surface area contributed by atoms with Gasteiger partial charge < -0.3 is 18.7 Å². The molecule has 0 N–H and O–H groups in total. The summed E-state index contributed by atoms with van der Waals surface area (Å²) in [7, 11) is 0. The monoisotopic (exact) mass is 388 g/mol. The van der Waals surface area contributed by atoms with Crippen LogP contribution in [0.15, 0.2) is 21.3 Å². The van der Waals surface area contributed by atoms with E-state index in [1.54, 1.807) is 19.9 Å². The van der Waals surface area contributed by atoms with Gasteiger partial charge in [0.1, 0.15) is 5.76 Å². The zero-order valence-corrected chi connectivity index (χ0v) is 17.0. The van der Waals surface area contributed by atoms with Crippen LogP contribution >= 0.6 is 0 Å². The molecule has 1 atom stereocenters. The fourth-order valence-electron chi connectivity index (χ4n) is 3.59. The second-order valence-corrected chi connectivity index (χ2v) is 7.60. The zero-order valence-electron chi connectivity index (χ0n) is 17.0. The Bertz CT molecular complexity index is 826. The van der Waals surface area contributed by atoms with Crippen LogP contribution in [-0.4, -0.2) is 57.4 Å². The van der Waals surface area contributed by atoms with Crippen molar-refractivity contribution >= 4 is 11.8 Å². The predicted octanol–water partition coefficient (Wildman–Crippen LogP) is 2.79. The minimum Gasteiger partial charge on any atom is -0.469 e. The van der Waals surface area contributed by atoms with Gasteiger partial charge in [-0.2, -0.15) is 4.98 Å². The van der Waals surface area contributed by atoms with Crippen molar-refractivity contribution in [3.05, 3.63) is 35.4 Å². The Balaban J connectivity index is 1.65. The fourth-order valence-corrected chi connectivity index (χ4v) is 3.59. The number of furan rings is 1. The highest BCUT2D eigenvalue weighted by molar-refractivity contribution is 5.95. The van der Waals surface area contributed by atoms with Gasteiger partial charge in [0.25, 0.3) is 5.91 Å². The number of aromatic nitrogens is 2. The van der Waals surface area contributed by atoms with E-state index in [-0.39, 0.29) is 23.8 Å². The van der Waals surface area contributed by atoms with Gasteiger partial charge in [0.05, 0.1) is 11.8 Å². The van der Waals surface area contributed by atoms with E-state index < -0.39 is 0 Å². The average molecular weight is 388 g/mol. The summed E-state index contributed by atoms with van der Waals surface area (Å²) in [5, 5.41) is 4.00. The average Bonchev–Trinajstić information content (AvgIpc) is 3.30. The van der Waals surface area contributed by atoms with Gasteiger partial charge in [-0.15, -0.1) is 0 Å². The van der Waals surface area contributed by atoms with Crippen molar-refractivity contribution in [3.63, 3.8) is 0 Å². The lowest BCUT2D eigenvalue weighted by Crippen LogP contribution is -2.51. The number of aryl methyl sites for hydroxylation is 1. The molecule has 0 saturated carbocycles. The van der Waals surface area contributed by atoms with Crippen LogP contribution in [0.1, 0.15) is 67.4 Å². The summed E-state index contributed by atoms with van der Waals surface area (Å²) < 4.78 is 10.5. The Morgan fingerprint density at radius 2 is 2.18 bits per heavy atom. The molecule has 8 heteroatoms. The van der Waals surface area contributed by atoms with E-state index in [0.29, 0.717) is 49.1 Å². The molecule has 3 rings (SSSR count). The standard InChI is InChI=1S/C20H28N4O4/c1-13(2)19-21-18(22-28-19)7-10-24(15(4)25)16-6-5-9-23(12-16)20(26)17-8-11-27-14(17)3/h8,11,13,16H,5-7,9-10,12H2,1-4H3. The van der Waals surface area contributed by atoms with Crippen LogP contribution in [0.2, 0.25) is 0 Å². The molecule has 0 spiro atoms. The molecular weight excluding hydrogens is 360 g/mol. The summed E-state index contributed by atoms with van der Waals surface area (Å²) in [4.78, 5) is 33.1. The maximum absolute atomic E-state index is 12.8. The van der Waals surface area contributed by atoms with Gasteiger partial charge in [-0.05, 0) is 25.8 Å². The number of piperidine rings is 1. The van der Waals surface area contributed by atoms with E-state index in [1.165, 1.54) is 6.26 Å². The van der Waals surface area contributed by atoms with Crippen LogP contribution < -0.4 is 0 Å². The van der Waals surface area contributed by atoms with Crippen LogP contribution in [0, 0.1) is 6.92 Å². The summed E-state index contributed by atoms with van der Waals surface area (Å²) >= 11 is 0. The molecule has 1 unspecified atom stereocenters. The van der Waals surface area contributed by atoms with Crippen molar-refractivity contribution in [2.45, 2.75) is 58.9 Å². The summed E-state index contributed by atoms with van der Waals surface area (Å²) in [5.74, 6) is 1.95. The van der Waals surface area contributed by atoms with E-state index in [9.17, 15) is 9.59 Å². The highest BCUT2D eigenvalue weighted by Gasteiger charge is 2.30. The number of likely N-dealkylation sites (tertiary alicyclic amines) is 1. The molecule has 1 fully saturated rings. The summed E-state index contributed by atoms with van der Waals surface area (Å²) in [5.41, 5.74) is 0.586. The molecule has 2 amide bonds. The topological polar surface area (TPSA) is 92.7 Å². The van der Waals surface area contributed by atoms with Crippen LogP contribution in [-0.2, 0) is 11.2 Å². The number of hydrogen-bond acceptors (Lipinski definition) is 6. The van der Waals surface area contributed by atoms with Gasteiger partial charge in [0.2, 0.25) is 11.8 Å². The van der Waals surface area contributed by atoms with Crippen molar-refractivity contribution in [2.24, 2.45) is 0 Å². The van der Waals surface area contributed by atoms with Gasteiger partial charge >= 0.3 is 0 Å². The van der Waals surface area contributed by atoms with E-state index in [2.05, 4.69) is 10.1 Å². The smallest absolute Gasteiger partial charge is 0.257 e. The molecule has 152 valence electrons. The first kappa shape index (κ1) is 20.1. The third-order valence-electron chi connectivity index (χ3n) is 5.17. The van der Waals surface area contributed by atoms with Gasteiger partial charge in [-0.1, -0.05) is 19.0 Å². The molecular formula is C20H28N4O4. The quantitative estimate of drug-likeness (QED) is 0.755. The largest absolute Gasteiger partial charge is 0.469 e. The van der Waals surface area contributed by atoms with Gasteiger partial charge in [0, 0.05) is 44.9 Å². The van der Waals surface area contributed by atoms with Crippen molar-refractivity contribution in [1.29, 1.82) is 0 Å². The van der Waals surface area contributed by atoms with Crippen LogP contribution in [0.25, 0.3) is 0 Å². The number of carbonyl (C=O) groups is 2. The second-order valence-electron chi connectivity index (χ2n) is 7.60. The van der Waals surface area contributed by atoms with E-state index in [1.807, 2.05) is 23.6 Å². The Morgan fingerprint density at radius 1 is 1.39 bits per heavy atom. The fraction of sp³-hybridized carbons (Fsp3) is 0.600. The van der Waals surface area contributed by atoms with Crippen molar-refractivity contribution in [2.75, 3.05) is 19.6 Å². The molecule has 28 heavy (non-hydrogen) atoms. The summed E-state index contributed by atoms with van der Waals surface area (Å²) in [6.45, 7) is 9.05. The SMILES string of the molecule is CC(=O)N(CCc1noc(C(C)C)n1)C1CCCN(C(=O)c2ccoc2C)C1. The van der Waals surface area contributed by atoms with Crippen LogP contribution in [0.3, 0.4) is 0 Å². The first-order valence-corrected chi connectivity index (χ1v) is 9.80. The molecule has 2 aromatic heterocycles. The molecule has 1 saturated heterocycles. The lowest BCUT2D eigenvalue weighted by Gasteiger charge is -2.39. The Labute approximate surface area is 164 Å². The Kier molecular flexibility index (Phi) is 6.16. The first-order valence-electron chi connectivity index (χ1n) is 9.80. The maximum Gasteiger partial charge on any atom is 0.257 e. The van der Waals surface area contributed by atoms with Gasteiger partial charge in [-0.25, -0.2) is 0 Å². The normalized spacial score (nSPS) is 17.2. The molecule has 0 radical (unpaired) electrons. The Morgan fingerprint density at radius 3 is 2.79 bits per heavy atom. The number of carbonyl (C=O) groups excluding carboxylic acids is 2. The highest BCUT2D eigenvalue weighted by atomic mass is 16.5. The third kappa shape index (κ3) is 4.43. The molecule has 8 nitrogen and oxygen atoms in total. The number of nitrogens with zero attached hydrogens (tertiary/aromatic N) is 4. The lowest BCUT2D eigenvalue weighted by atomic mass is 10.0. The molecule has 3 heterocycles. The lowest BCUT2D eigenvalue weighted by molar-refractivity contribution is -0.132. The predicted molar refractivity (Wildman–Crippen MR) is 102 cm³/mol. The first-order chi connectivity index (χ1) is 13.4. The Hall–Kier alpha value is -2.64. The zero-order chi connectivity index (χ0) is 20.3. The minimum absolute atomic E-state index is 0.00799. The minimum atomic E-state index is -0.0424. The van der Waals surface area contributed by atoms with E-state index in [0.717, 1.165) is 12.8 Å². The van der Waals surface area contributed by atoms with E-state index >= 15 is 0 Å². The molecule has 0 aromatic carbocycles. The van der Waals surface area contributed by atoms with Crippen molar-refractivity contribution in [3.8, 4) is 0 Å². The number of hydrogen-bond donors (Lipinski definition) is 0. The van der Waals surface area contributed by atoms with Crippen molar-refractivity contribution in [1.82, 2.24) is 19.9 Å². The summed E-state index contributed by atoms with van der Waals surface area (Å²) in [6.07, 6.45) is 3.79. The number of amides is 2. The third-order valence-corrected chi connectivity index (χ3v) is 5.17. The molecule has 2 aromatic rings. The van der Waals surface area contributed by atoms with Crippen molar-refractivity contribution < 1.29 is 18.5 Å². The van der Waals surface area contributed by atoms with E-state index in [4.69, 9.17) is 8.94 Å². The molecule has 1 aliphatic rings. The number of rotatable bonds is 6. The summed E-state index contributed by atoms with van der Waals surface area (Å²) in [6, 6.07) is 1.69. The highest BCUT2D eigenvalue weighted by Crippen LogP contribution is 2.21. The van der Waals surface area contributed by atoms with Gasteiger partial charge in [0.15, 0.2) is 5.82 Å². The molecule has 0 bridgehead atoms. The second kappa shape index (κ2) is 8.58. The maximum atomic E-state index is 12.8. The van der Waals surface area contributed by atoms with Crippen LogP contribution in [0.5, 0.6) is 0 Å². The molecule has 1 aliphatic heterocycles. The van der Waals surface area contributed by atoms with Crippen LogP contribution in [0.4, 0.5) is 0 Å².